The smallest absolute Gasteiger partial charge is 0.312 e. The highest BCUT2D eigenvalue weighted by atomic mass is 16.5. The molecule has 1 atom stereocenters. The Labute approximate surface area is 94.8 Å². The van der Waals surface area contributed by atoms with E-state index in [9.17, 15) is 9.90 Å². The van der Waals surface area contributed by atoms with E-state index in [4.69, 9.17) is 0 Å². The van der Waals surface area contributed by atoms with Crippen molar-refractivity contribution in [3.05, 3.63) is 29.8 Å². The maximum atomic E-state index is 11.2. The first-order chi connectivity index (χ1) is 7.54. The van der Waals surface area contributed by atoms with E-state index < -0.39 is 0 Å². The molecule has 4 heteroatoms. The van der Waals surface area contributed by atoms with E-state index in [0.717, 1.165) is 5.56 Å². The van der Waals surface area contributed by atoms with Crippen LogP contribution in [0.25, 0.3) is 0 Å². The van der Waals surface area contributed by atoms with Crippen LogP contribution < -0.4 is 0 Å². The van der Waals surface area contributed by atoms with E-state index in [1.54, 1.807) is 35.9 Å². The van der Waals surface area contributed by atoms with Crippen LogP contribution in [0.2, 0.25) is 0 Å². The molecule has 1 N–H and O–H groups in total. The van der Waals surface area contributed by atoms with Gasteiger partial charge in [-0.05, 0) is 24.3 Å². The molecule has 1 unspecified atom stereocenters. The molecule has 4 nitrogen and oxygen atoms in total. The molecule has 0 spiro atoms. The van der Waals surface area contributed by atoms with Crippen LogP contribution in [0.1, 0.15) is 18.0 Å². The largest absolute Gasteiger partial charge is 0.508 e. The van der Waals surface area contributed by atoms with Crippen LogP contribution in [0, 0.1) is 0 Å². The molecular formula is C12H16NO3+. The number of benzene rings is 1. The van der Waals surface area contributed by atoms with Crippen molar-refractivity contribution in [3.63, 3.8) is 0 Å². The Morgan fingerprint density at radius 3 is 2.50 bits per heavy atom. The van der Waals surface area contributed by atoms with E-state index in [1.807, 2.05) is 0 Å². The quantitative estimate of drug-likeness (QED) is 0.475. The Balaban J connectivity index is 2.89. The Kier molecular flexibility index (Phi) is 4.05. The number of aromatic hydroxyl groups is 1. The number of nitrogens with zero attached hydrogens (tertiary/aromatic N) is 1. The summed E-state index contributed by atoms with van der Waals surface area (Å²) in [5.41, 5.74) is 0.917. The van der Waals surface area contributed by atoms with Crippen molar-refractivity contribution >= 4 is 12.7 Å². The van der Waals surface area contributed by atoms with Gasteiger partial charge in [-0.25, -0.2) is 4.58 Å². The Morgan fingerprint density at radius 2 is 2.06 bits per heavy atom. The van der Waals surface area contributed by atoms with Gasteiger partial charge in [0.2, 0.25) is 0 Å². The predicted molar refractivity (Wildman–Crippen MR) is 60.8 cm³/mol. The van der Waals surface area contributed by atoms with Crippen molar-refractivity contribution in [2.75, 3.05) is 14.2 Å². The molecule has 0 saturated heterocycles. The third-order valence-corrected chi connectivity index (χ3v) is 2.40. The highest BCUT2D eigenvalue weighted by Crippen LogP contribution is 2.22. The first-order valence-electron chi connectivity index (χ1n) is 4.93. The zero-order valence-electron chi connectivity index (χ0n) is 9.51. The van der Waals surface area contributed by atoms with E-state index in [1.165, 1.54) is 7.11 Å². The second kappa shape index (κ2) is 5.30. The standard InChI is InChI=1S/C12H15NO3/c1-13(2)11(8-12(15)16-3)9-4-6-10(14)7-5-9/h4-7,11H,1,8H2,2-3H3/p+1. The predicted octanol–water partition coefficient (Wildman–Crippen LogP) is 1.34. The van der Waals surface area contributed by atoms with Crippen LogP contribution in [0.3, 0.4) is 0 Å². The number of ether oxygens (including phenoxy) is 1. The summed E-state index contributed by atoms with van der Waals surface area (Å²) in [6, 6.07) is 6.56. The van der Waals surface area contributed by atoms with E-state index in [-0.39, 0.29) is 24.2 Å². The number of hydrogen-bond donors (Lipinski definition) is 1. The lowest BCUT2D eigenvalue weighted by Gasteiger charge is -2.11. The van der Waals surface area contributed by atoms with Crippen molar-refractivity contribution in [1.82, 2.24) is 0 Å². The minimum atomic E-state index is -0.284. The summed E-state index contributed by atoms with van der Waals surface area (Å²) in [5, 5.41) is 9.18. The van der Waals surface area contributed by atoms with Crippen molar-refractivity contribution in [1.29, 1.82) is 0 Å². The summed E-state index contributed by atoms with van der Waals surface area (Å²) in [5.74, 6) is -0.0825. The molecule has 0 fully saturated rings. The van der Waals surface area contributed by atoms with Gasteiger partial charge in [-0.3, -0.25) is 4.79 Å². The summed E-state index contributed by atoms with van der Waals surface area (Å²) >= 11 is 0. The van der Waals surface area contributed by atoms with Gasteiger partial charge in [0.1, 0.15) is 25.9 Å². The van der Waals surface area contributed by atoms with Gasteiger partial charge < -0.3 is 9.84 Å². The second-order valence-corrected chi connectivity index (χ2v) is 3.64. The van der Waals surface area contributed by atoms with Crippen LogP contribution in [0.15, 0.2) is 24.3 Å². The van der Waals surface area contributed by atoms with Gasteiger partial charge in [-0.15, -0.1) is 0 Å². The van der Waals surface area contributed by atoms with E-state index >= 15 is 0 Å². The van der Waals surface area contributed by atoms with Crippen LogP contribution in [0.4, 0.5) is 0 Å². The number of rotatable bonds is 4. The highest BCUT2D eigenvalue weighted by molar-refractivity contribution is 5.70. The molecule has 0 aliphatic heterocycles. The molecule has 1 aromatic carbocycles. The number of carbonyl (C=O) groups excluding carboxylic acids is 1. The molecule has 0 bridgehead atoms. The normalized spacial score (nSPS) is 11.9. The lowest BCUT2D eigenvalue weighted by atomic mass is 10.0. The van der Waals surface area contributed by atoms with Crippen molar-refractivity contribution in [3.8, 4) is 5.75 Å². The van der Waals surface area contributed by atoms with Crippen molar-refractivity contribution < 1.29 is 19.2 Å². The molecular weight excluding hydrogens is 206 g/mol. The molecule has 16 heavy (non-hydrogen) atoms. The Bertz CT molecular complexity index is 384. The highest BCUT2D eigenvalue weighted by Gasteiger charge is 2.22. The number of hydrogen-bond acceptors (Lipinski definition) is 3. The molecule has 0 aliphatic rings. The van der Waals surface area contributed by atoms with Gasteiger partial charge >= 0.3 is 5.97 Å². The maximum Gasteiger partial charge on any atom is 0.312 e. The van der Waals surface area contributed by atoms with Gasteiger partial charge in [0, 0.05) is 5.56 Å². The van der Waals surface area contributed by atoms with Gasteiger partial charge in [0.15, 0.2) is 6.04 Å². The fraction of sp³-hybridized carbons (Fsp3) is 0.333. The van der Waals surface area contributed by atoms with Gasteiger partial charge in [-0.1, -0.05) is 0 Å². The van der Waals surface area contributed by atoms with Crippen LogP contribution in [0.5, 0.6) is 5.75 Å². The SMILES string of the molecule is C=[N+](C)C(CC(=O)OC)c1ccc(O)cc1. The Hall–Kier alpha value is -1.84. The minimum absolute atomic E-state index is 0.145. The molecule has 0 aromatic heterocycles. The molecule has 0 aliphatic carbocycles. The summed E-state index contributed by atoms with van der Waals surface area (Å²) < 4.78 is 6.33. The van der Waals surface area contributed by atoms with Gasteiger partial charge in [-0.2, -0.15) is 0 Å². The Morgan fingerprint density at radius 1 is 1.50 bits per heavy atom. The number of phenolic OH excluding ortho intramolecular Hbond substituents is 1. The monoisotopic (exact) mass is 222 g/mol. The van der Waals surface area contributed by atoms with Gasteiger partial charge in [0.05, 0.1) is 7.11 Å². The third kappa shape index (κ3) is 3.08. The van der Waals surface area contributed by atoms with Crippen LogP contribution >= 0.6 is 0 Å². The number of methoxy groups -OCH3 is 1. The molecule has 0 amide bonds. The van der Waals surface area contributed by atoms with Crippen molar-refractivity contribution in [2.45, 2.75) is 12.5 Å². The average molecular weight is 222 g/mol. The first-order valence-corrected chi connectivity index (χ1v) is 4.93. The summed E-state index contributed by atoms with van der Waals surface area (Å²) in [6.07, 6.45) is 0.237. The van der Waals surface area contributed by atoms with Crippen molar-refractivity contribution in [2.24, 2.45) is 0 Å². The zero-order chi connectivity index (χ0) is 12.1. The second-order valence-electron chi connectivity index (χ2n) is 3.64. The van der Waals surface area contributed by atoms with Crippen LogP contribution in [-0.2, 0) is 9.53 Å². The first kappa shape index (κ1) is 12.2. The summed E-state index contributed by atoms with van der Waals surface area (Å²) in [6.45, 7) is 3.79. The summed E-state index contributed by atoms with van der Waals surface area (Å²) in [4.78, 5) is 11.2. The topological polar surface area (TPSA) is 49.5 Å². The number of phenols is 1. The third-order valence-electron chi connectivity index (χ3n) is 2.40. The summed E-state index contributed by atoms with van der Waals surface area (Å²) in [7, 11) is 3.15. The number of esters is 1. The fourth-order valence-electron chi connectivity index (χ4n) is 1.47. The van der Waals surface area contributed by atoms with Gasteiger partial charge in [0.25, 0.3) is 0 Å². The number of carbonyl (C=O) groups is 1. The van der Waals surface area contributed by atoms with E-state index in [0.29, 0.717) is 0 Å². The molecule has 86 valence electrons. The van der Waals surface area contributed by atoms with E-state index in [2.05, 4.69) is 11.5 Å². The molecule has 1 aromatic rings. The fourth-order valence-corrected chi connectivity index (χ4v) is 1.47. The zero-order valence-corrected chi connectivity index (χ0v) is 9.51. The molecule has 0 saturated carbocycles. The minimum Gasteiger partial charge on any atom is -0.508 e. The lowest BCUT2D eigenvalue weighted by Crippen LogP contribution is -2.17. The molecule has 0 radical (unpaired) electrons. The molecule has 0 heterocycles. The maximum absolute atomic E-state index is 11.2. The van der Waals surface area contributed by atoms with Crippen LogP contribution in [-0.4, -0.2) is 36.5 Å². The molecule has 1 rings (SSSR count). The lowest BCUT2D eigenvalue weighted by molar-refractivity contribution is -0.535. The average Bonchev–Trinajstić information content (AvgIpc) is 2.26.